The molecular formula is C2H5ClP5+. The molecule has 0 aromatic carbocycles. The Morgan fingerprint density at radius 1 is 1.38 bits per heavy atom. The predicted molar refractivity (Wildman–Crippen MR) is 51.0 cm³/mol. The first-order valence-corrected chi connectivity index (χ1v) is 15.8. The summed E-state index contributed by atoms with van der Waals surface area (Å²) in [6.07, 6.45) is 3.11. The fourth-order valence-corrected chi connectivity index (χ4v) is 151. The van der Waals surface area contributed by atoms with Gasteiger partial charge in [0.05, 0.1) is 18.9 Å². The number of halogens is 1. The summed E-state index contributed by atoms with van der Waals surface area (Å²) in [7, 11) is 0. The number of hydrogen-bond donors (Lipinski definition) is 0. The van der Waals surface area contributed by atoms with Crippen LogP contribution in [-0.4, -0.2) is 6.16 Å². The van der Waals surface area contributed by atoms with Crippen LogP contribution < -0.4 is 0 Å². The Hall–Kier alpha value is 1.92. The van der Waals surface area contributed by atoms with Crippen molar-refractivity contribution in [2.75, 3.05) is 6.16 Å². The van der Waals surface area contributed by atoms with Gasteiger partial charge in [-0.15, -0.1) is 0 Å². The van der Waals surface area contributed by atoms with E-state index in [9.17, 15) is 0 Å². The smallest absolute Gasteiger partial charge is 0.0284 e. The van der Waals surface area contributed by atoms with Crippen LogP contribution in [0.1, 0.15) is 6.92 Å². The molecule has 4 rings (SSSR count). The van der Waals surface area contributed by atoms with Crippen LogP contribution in [0.25, 0.3) is 0 Å². The van der Waals surface area contributed by atoms with E-state index < -0.39 is 5.99 Å². The molecule has 0 radical (unpaired) electrons. The van der Waals surface area contributed by atoms with Crippen molar-refractivity contribution in [3.05, 3.63) is 0 Å². The van der Waals surface area contributed by atoms with E-state index in [1.807, 2.05) is 0 Å². The van der Waals surface area contributed by atoms with Crippen molar-refractivity contribution in [1.29, 1.82) is 0 Å². The van der Waals surface area contributed by atoms with Gasteiger partial charge in [0, 0.05) is 0 Å². The van der Waals surface area contributed by atoms with Crippen LogP contribution in [0, 0.1) is 0 Å². The lowest BCUT2D eigenvalue weighted by Crippen LogP contribution is -1.71. The molecule has 44 valence electrons. The SMILES string of the molecule is CC[P+]1(Cl)p2p3p1p23. The van der Waals surface area contributed by atoms with Crippen LogP contribution in [-0.2, 0) is 0 Å². The monoisotopic (exact) mass is 219 g/mol. The summed E-state index contributed by atoms with van der Waals surface area (Å²) in [5.74, 6) is -0.521. The molecule has 0 aliphatic carbocycles. The highest BCUT2D eigenvalue weighted by Gasteiger charge is 2.74. The van der Waals surface area contributed by atoms with Crippen molar-refractivity contribution in [3.63, 3.8) is 0 Å². The first-order chi connectivity index (χ1) is 3.80. The molecule has 6 heteroatoms. The highest BCUT2D eigenvalue weighted by atomic mass is 35.7. The zero-order valence-corrected chi connectivity index (χ0v) is 9.55. The summed E-state index contributed by atoms with van der Waals surface area (Å²) in [6, 6.07) is 0. The number of hydrogen-bond acceptors (Lipinski definition) is 0. The zero-order valence-electron chi connectivity index (χ0n) is 4.32. The molecule has 2 aromatic rings. The molecule has 0 saturated carbocycles. The maximum Gasteiger partial charge on any atom is 0.214 e. The lowest BCUT2D eigenvalue weighted by atomic mass is 11.0. The zero-order chi connectivity index (χ0) is 5.52. The molecule has 0 amide bonds. The summed E-state index contributed by atoms with van der Waals surface area (Å²) >= 11 is 6.41. The maximum absolute atomic E-state index is 6.41. The lowest BCUT2D eigenvalue weighted by Gasteiger charge is -2.17. The molecule has 2 aliphatic rings. The Labute approximate surface area is 56.5 Å². The van der Waals surface area contributed by atoms with Gasteiger partial charge in [0.25, 0.3) is 0 Å². The minimum atomic E-state index is -0.521. The predicted octanol–water partition coefficient (Wildman–Crippen LogP) is 5.55. The third kappa shape index (κ3) is 0.350. The van der Waals surface area contributed by atoms with Gasteiger partial charge in [0.15, 0.2) is 0 Å². The van der Waals surface area contributed by atoms with Crippen LogP contribution in [0.15, 0.2) is 0 Å². The first kappa shape index (κ1) is 5.56. The van der Waals surface area contributed by atoms with Gasteiger partial charge in [0.2, 0.25) is 5.99 Å². The van der Waals surface area contributed by atoms with E-state index in [0.29, 0.717) is 13.2 Å². The molecule has 0 N–H and O–H groups in total. The summed E-state index contributed by atoms with van der Waals surface area (Å²) in [5.41, 5.74) is 0. The molecule has 0 atom stereocenters. The van der Waals surface area contributed by atoms with Gasteiger partial charge in [-0.05, 0) is 6.92 Å². The molecule has 2 bridgehead atoms. The van der Waals surface area contributed by atoms with Crippen molar-refractivity contribution in [1.82, 2.24) is 0 Å². The maximum atomic E-state index is 6.41. The van der Waals surface area contributed by atoms with Gasteiger partial charge in [-0.3, -0.25) is 0 Å². The van der Waals surface area contributed by atoms with Crippen LogP contribution in [0.5, 0.6) is 0 Å². The summed E-state index contributed by atoms with van der Waals surface area (Å²) in [4.78, 5) is 0. The van der Waals surface area contributed by atoms with Crippen LogP contribution in [0.4, 0.5) is 0 Å². The Bertz CT molecular complexity index is 274. The van der Waals surface area contributed by atoms with E-state index >= 15 is 0 Å². The largest absolute Gasteiger partial charge is 0.214 e. The van der Waals surface area contributed by atoms with Crippen molar-refractivity contribution in [2.45, 2.75) is 6.92 Å². The van der Waals surface area contributed by atoms with Gasteiger partial charge < -0.3 is 0 Å². The normalized spacial score (nSPS) is 44.2. The summed E-state index contributed by atoms with van der Waals surface area (Å²) in [5, 5.41) is 0. The van der Waals surface area contributed by atoms with E-state index in [-0.39, 0.29) is 0 Å². The van der Waals surface area contributed by atoms with E-state index in [1.54, 1.807) is 0 Å². The third-order valence-electron chi connectivity index (χ3n) is 1.69. The topological polar surface area (TPSA) is 0 Å². The van der Waals surface area contributed by atoms with E-state index in [0.717, 1.165) is 12.7 Å². The first-order valence-electron chi connectivity index (χ1n) is 2.59. The van der Waals surface area contributed by atoms with Crippen LogP contribution in [0.2, 0.25) is 0 Å². The second kappa shape index (κ2) is 1.28. The van der Waals surface area contributed by atoms with Crippen LogP contribution >= 0.6 is 43.1 Å². The molecule has 2 aliphatic heterocycles. The van der Waals surface area contributed by atoms with Gasteiger partial charge in [0.1, 0.15) is 24.4 Å². The number of rotatable bonds is 1. The van der Waals surface area contributed by atoms with Crippen molar-refractivity contribution < 1.29 is 0 Å². The molecule has 4 heterocycles. The van der Waals surface area contributed by atoms with Gasteiger partial charge in [-0.25, -0.2) is 0 Å². The Balaban J connectivity index is 2.15. The van der Waals surface area contributed by atoms with E-state index in [2.05, 4.69) is 6.92 Å². The van der Waals surface area contributed by atoms with Crippen LogP contribution in [0.3, 0.4) is 0 Å². The highest BCUT2D eigenvalue weighted by Crippen LogP contribution is 3.43. The van der Waals surface area contributed by atoms with Crippen molar-refractivity contribution in [2.24, 2.45) is 0 Å². The molecular weight excluding hydrogens is 214 g/mol. The van der Waals surface area contributed by atoms with Crippen molar-refractivity contribution in [3.8, 4) is 0 Å². The minimum Gasteiger partial charge on any atom is -0.0284 e. The average Bonchev–Trinajstić information content (AvgIpc) is 2.44. The molecule has 0 saturated heterocycles. The molecule has 8 heavy (non-hydrogen) atoms. The van der Waals surface area contributed by atoms with Gasteiger partial charge in [-0.1, -0.05) is 0 Å². The molecule has 0 fully saturated rings. The Morgan fingerprint density at radius 2 is 1.88 bits per heavy atom. The summed E-state index contributed by atoms with van der Waals surface area (Å²) in [6.45, 7) is 3.71. The fourth-order valence-electron chi connectivity index (χ4n) is 1.08. The fraction of sp³-hybridized carbons (Fsp3) is 1.00. The third-order valence-corrected chi connectivity index (χ3v) is 84.6. The Morgan fingerprint density at radius 3 is 2.00 bits per heavy atom. The minimum absolute atomic E-state index is 0.521. The quantitative estimate of drug-likeness (QED) is 0.551. The van der Waals surface area contributed by atoms with E-state index in [1.165, 1.54) is 6.16 Å². The van der Waals surface area contributed by atoms with Gasteiger partial charge in [-0.2, -0.15) is 0 Å². The Kier molecular flexibility index (Phi) is 0.888. The standard InChI is InChI=1S/C2H5ClP5/c1-2-8(3)6-4-5(6)7(4)8/h2H2,1H3/q+1. The molecule has 0 nitrogen and oxygen atoms in total. The molecule has 0 unspecified atom stereocenters. The average molecular weight is 219 g/mol. The molecule has 0 spiro atoms. The van der Waals surface area contributed by atoms with E-state index in [4.69, 9.17) is 11.2 Å². The second-order valence-electron chi connectivity index (χ2n) is 2.03. The van der Waals surface area contributed by atoms with Gasteiger partial charge >= 0.3 is 0 Å². The molecule has 2 aromatic heterocycles. The lowest BCUT2D eigenvalue weighted by molar-refractivity contribution is 1.52. The summed E-state index contributed by atoms with van der Waals surface area (Å²) < 4.78 is 0. The second-order valence-corrected chi connectivity index (χ2v) is 40.0. The van der Waals surface area contributed by atoms with Crippen molar-refractivity contribution >= 4 is 43.1 Å². The highest BCUT2D eigenvalue weighted by molar-refractivity contribution is 9.44.